The highest BCUT2D eigenvalue weighted by Gasteiger charge is 2.54. The number of halogens is 1. The molecular formula is C31H38FN7O4S. The van der Waals surface area contributed by atoms with Crippen molar-refractivity contribution in [2.24, 2.45) is 17.3 Å². The minimum absolute atomic E-state index is 0.00790. The van der Waals surface area contributed by atoms with Gasteiger partial charge < -0.3 is 15.0 Å². The summed E-state index contributed by atoms with van der Waals surface area (Å²) in [5, 5.41) is 7.13. The molecule has 1 spiro atoms. The molecular weight excluding hydrogens is 585 g/mol. The summed E-state index contributed by atoms with van der Waals surface area (Å²) >= 11 is 0. The average molecular weight is 624 g/mol. The monoisotopic (exact) mass is 623 g/mol. The van der Waals surface area contributed by atoms with Crippen LogP contribution in [-0.4, -0.2) is 65.5 Å². The summed E-state index contributed by atoms with van der Waals surface area (Å²) < 4.78 is 51.3. The molecule has 0 radical (unpaired) electrons. The lowest BCUT2D eigenvalue weighted by molar-refractivity contribution is 0.0981. The first-order valence-electron chi connectivity index (χ1n) is 15.4. The first-order chi connectivity index (χ1) is 21.0. The minimum atomic E-state index is -4.33. The van der Waals surface area contributed by atoms with Gasteiger partial charge >= 0.3 is 0 Å². The van der Waals surface area contributed by atoms with Crippen molar-refractivity contribution in [2.75, 3.05) is 29.9 Å². The number of hydrogen-bond acceptors (Lipinski definition) is 9. The van der Waals surface area contributed by atoms with E-state index in [1.165, 1.54) is 37.8 Å². The van der Waals surface area contributed by atoms with Crippen LogP contribution in [0.2, 0.25) is 0 Å². The third-order valence-electron chi connectivity index (χ3n) is 9.90. The van der Waals surface area contributed by atoms with Gasteiger partial charge in [-0.25, -0.2) is 23.8 Å². The van der Waals surface area contributed by atoms with Crippen LogP contribution in [0.25, 0.3) is 5.82 Å². The number of aromatic nitrogens is 4. The fraction of sp³-hybridized carbons (Fsp3) is 0.548. The molecule has 234 valence electrons. The van der Waals surface area contributed by atoms with E-state index < -0.39 is 27.6 Å². The molecule has 5 heterocycles. The molecule has 44 heavy (non-hydrogen) atoms. The summed E-state index contributed by atoms with van der Waals surface area (Å²) in [5.74, 6) is 1.39. The summed E-state index contributed by atoms with van der Waals surface area (Å²) in [6.45, 7) is 5.11. The maximum absolute atomic E-state index is 15.2. The molecule has 3 aromatic heterocycles. The van der Waals surface area contributed by atoms with Crippen molar-refractivity contribution in [3.8, 4) is 11.7 Å². The molecule has 3 aromatic rings. The molecule has 4 aliphatic rings. The van der Waals surface area contributed by atoms with E-state index in [1.807, 2.05) is 18.7 Å². The molecule has 2 saturated carbocycles. The number of carbonyl (C=O) groups is 1. The molecule has 4 bridgehead atoms. The second-order valence-electron chi connectivity index (χ2n) is 13.4. The number of rotatable bonds is 5. The van der Waals surface area contributed by atoms with Crippen LogP contribution in [0.1, 0.15) is 69.2 Å². The molecule has 7 rings (SSSR count). The van der Waals surface area contributed by atoms with Crippen LogP contribution in [-0.2, 0) is 10.0 Å². The predicted octanol–water partition coefficient (Wildman–Crippen LogP) is 4.50. The van der Waals surface area contributed by atoms with Crippen LogP contribution in [0.15, 0.2) is 47.6 Å². The van der Waals surface area contributed by atoms with E-state index in [4.69, 9.17) is 9.72 Å². The molecule has 2 N–H and O–H groups in total. The quantitative estimate of drug-likeness (QED) is 0.422. The number of amides is 1. The fourth-order valence-electron chi connectivity index (χ4n) is 7.26. The van der Waals surface area contributed by atoms with Gasteiger partial charge in [0.25, 0.3) is 15.9 Å². The molecule has 2 aliphatic heterocycles. The maximum atomic E-state index is 15.2. The summed E-state index contributed by atoms with van der Waals surface area (Å²) in [7, 11) is -4.33. The van der Waals surface area contributed by atoms with Crippen molar-refractivity contribution >= 4 is 27.6 Å². The number of nitrogens with one attached hydrogen (secondary N) is 2. The standard InChI is InChI=1S/C31H38FN7O4S/c1-30(2)17-20-16-22(32)18-33-24-4-3-5-27(34-24)44(41,42)37-29(40)23-6-7-25(35-28(23)38(30)19-20)39-14-9-26(36-39)43-15-10-21-8-11-31(21)12-13-31/h3-7,9,14,20-22H,8,10-13,15-19H2,1-2H3,(H,33,34)(H,37,40). The summed E-state index contributed by atoms with van der Waals surface area (Å²) in [5.41, 5.74) is 0.224. The van der Waals surface area contributed by atoms with Gasteiger partial charge in [-0.05, 0) is 100 Å². The van der Waals surface area contributed by atoms with Crippen LogP contribution in [0.5, 0.6) is 5.88 Å². The zero-order valence-electron chi connectivity index (χ0n) is 25.0. The third-order valence-corrected chi connectivity index (χ3v) is 11.1. The van der Waals surface area contributed by atoms with Crippen LogP contribution in [0, 0.1) is 17.3 Å². The Morgan fingerprint density at radius 1 is 1.11 bits per heavy atom. The topological polar surface area (TPSA) is 131 Å². The van der Waals surface area contributed by atoms with Crippen LogP contribution in [0.4, 0.5) is 16.0 Å². The fourth-order valence-corrected chi connectivity index (χ4v) is 8.20. The number of sulfonamides is 1. The van der Waals surface area contributed by atoms with Gasteiger partial charge in [0.2, 0.25) is 5.88 Å². The number of nitrogens with zero attached hydrogens (tertiary/aromatic N) is 5. The Balaban J connectivity index is 1.19. The molecule has 1 saturated heterocycles. The van der Waals surface area contributed by atoms with Crippen LogP contribution < -0.4 is 19.7 Å². The summed E-state index contributed by atoms with van der Waals surface area (Å²) in [4.78, 5) is 24.5. The first kappa shape index (κ1) is 29.0. The number of pyridine rings is 2. The van der Waals surface area contributed by atoms with E-state index in [0.717, 1.165) is 12.3 Å². The van der Waals surface area contributed by atoms with Crippen molar-refractivity contribution in [3.63, 3.8) is 0 Å². The molecule has 3 unspecified atom stereocenters. The predicted molar refractivity (Wildman–Crippen MR) is 162 cm³/mol. The molecule has 0 aromatic carbocycles. The molecule has 2 aliphatic carbocycles. The Morgan fingerprint density at radius 3 is 2.73 bits per heavy atom. The number of ether oxygens (including phenoxy) is 1. The third kappa shape index (κ3) is 5.50. The smallest absolute Gasteiger partial charge is 0.281 e. The zero-order valence-corrected chi connectivity index (χ0v) is 25.8. The average Bonchev–Trinajstić information content (AvgIpc) is 3.60. The molecule has 3 fully saturated rings. The van der Waals surface area contributed by atoms with Crippen molar-refractivity contribution in [1.29, 1.82) is 0 Å². The van der Waals surface area contributed by atoms with Crippen molar-refractivity contribution in [3.05, 3.63) is 48.2 Å². The van der Waals surface area contributed by atoms with E-state index in [0.29, 0.717) is 48.9 Å². The lowest BCUT2D eigenvalue weighted by Crippen LogP contribution is -2.41. The van der Waals surface area contributed by atoms with E-state index in [1.54, 1.807) is 35.1 Å². The van der Waals surface area contributed by atoms with Crippen LogP contribution in [0.3, 0.4) is 0 Å². The van der Waals surface area contributed by atoms with E-state index in [9.17, 15) is 13.2 Å². The van der Waals surface area contributed by atoms with Crippen LogP contribution >= 0.6 is 0 Å². The van der Waals surface area contributed by atoms with E-state index in [2.05, 4.69) is 20.1 Å². The number of carbonyl (C=O) groups excluding carboxylic acids is 1. The minimum Gasteiger partial charge on any atom is -0.477 e. The SMILES string of the molecule is CC1(C)CC2CC(F)CNc3cccc(n3)S(=O)(=O)NC(=O)c3ccc(-n4ccc(OCCC5CCC56CC6)n4)nc3N1C2. The van der Waals surface area contributed by atoms with Gasteiger partial charge in [0.1, 0.15) is 17.8 Å². The van der Waals surface area contributed by atoms with Gasteiger partial charge in [0.05, 0.1) is 12.2 Å². The normalized spacial score (nSPS) is 26.4. The first-order valence-corrected chi connectivity index (χ1v) is 16.9. The molecule has 1 amide bonds. The number of anilines is 2. The number of alkyl halides is 1. The van der Waals surface area contributed by atoms with Gasteiger partial charge in [0, 0.05) is 30.9 Å². The summed E-state index contributed by atoms with van der Waals surface area (Å²) in [6.07, 6.45) is 7.92. The van der Waals surface area contributed by atoms with Crippen molar-refractivity contribution in [1.82, 2.24) is 24.5 Å². The van der Waals surface area contributed by atoms with Crippen molar-refractivity contribution < 1.29 is 22.3 Å². The highest BCUT2D eigenvalue weighted by molar-refractivity contribution is 7.90. The largest absolute Gasteiger partial charge is 0.477 e. The van der Waals surface area contributed by atoms with E-state index >= 15 is 4.39 Å². The number of hydrogen-bond donors (Lipinski definition) is 2. The highest BCUT2D eigenvalue weighted by Crippen LogP contribution is 2.65. The highest BCUT2D eigenvalue weighted by atomic mass is 32.2. The summed E-state index contributed by atoms with van der Waals surface area (Å²) in [6, 6.07) is 9.32. The Bertz CT molecular complexity index is 1690. The second kappa shape index (κ2) is 10.7. The van der Waals surface area contributed by atoms with Gasteiger partial charge in [-0.3, -0.25) is 4.79 Å². The number of fused-ring (bicyclic) bond motifs is 6. The van der Waals surface area contributed by atoms with Gasteiger partial charge in [-0.1, -0.05) is 6.07 Å². The Kier molecular flexibility index (Phi) is 7.06. The molecule has 11 nitrogen and oxygen atoms in total. The lowest BCUT2D eigenvalue weighted by Gasteiger charge is -2.37. The van der Waals surface area contributed by atoms with Gasteiger partial charge in [0.15, 0.2) is 10.8 Å². The lowest BCUT2D eigenvalue weighted by atomic mass is 9.69. The second-order valence-corrected chi connectivity index (χ2v) is 15.0. The maximum Gasteiger partial charge on any atom is 0.281 e. The Labute approximate surface area is 256 Å². The van der Waals surface area contributed by atoms with Crippen molar-refractivity contribution in [2.45, 2.75) is 75.5 Å². The van der Waals surface area contributed by atoms with Gasteiger partial charge in [-0.2, -0.15) is 8.42 Å². The molecule has 13 heteroatoms. The Morgan fingerprint density at radius 2 is 1.95 bits per heavy atom. The van der Waals surface area contributed by atoms with Gasteiger partial charge in [-0.15, -0.1) is 5.10 Å². The Hall–Kier alpha value is -3.74. The van der Waals surface area contributed by atoms with E-state index in [-0.39, 0.29) is 28.9 Å². The molecule has 3 atom stereocenters. The zero-order chi connectivity index (χ0) is 30.7.